The number of halogens is 1. The number of hydrogen-bond acceptors (Lipinski definition) is 2. The minimum atomic E-state index is -0.528. The second-order valence-corrected chi connectivity index (χ2v) is 5.55. The summed E-state index contributed by atoms with van der Waals surface area (Å²) in [5.74, 6) is 0. The molecule has 2 nitrogen and oxygen atoms in total. The number of aryl methyl sites for hydroxylation is 1. The molecule has 0 aromatic heterocycles. The van der Waals surface area contributed by atoms with Gasteiger partial charge in [0.05, 0.1) is 6.10 Å². The maximum absolute atomic E-state index is 10.2. The minimum absolute atomic E-state index is 0.205. The summed E-state index contributed by atoms with van der Waals surface area (Å²) in [6, 6.07) is 15.9. The number of rotatable bonds is 5. The fourth-order valence-electron chi connectivity index (χ4n) is 2.15. The van der Waals surface area contributed by atoms with E-state index in [-0.39, 0.29) is 6.04 Å². The van der Waals surface area contributed by atoms with Crippen molar-refractivity contribution in [2.75, 3.05) is 6.54 Å². The molecule has 0 bridgehead atoms. The molecule has 0 spiro atoms. The van der Waals surface area contributed by atoms with Crippen LogP contribution in [-0.2, 0) is 0 Å². The maximum atomic E-state index is 10.2. The van der Waals surface area contributed by atoms with Gasteiger partial charge in [0.2, 0.25) is 0 Å². The predicted molar refractivity (Wildman–Crippen MR) is 84.0 cm³/mol. The van der Waals surface area contributed by atoms with Gasteiger partial charge in [0.25, 0.3) is 0 Å². The van der Waals surface area contributed by atoms with Crippen LogP contribution in [0, 0.1) is 6.92 Å². The zero-order chi connectivity index (χ0) is 14.5. The second-order valence-electron chi connectivity index (χ2n) is 5.11. The molecule has 0 heterocycles. The van der Waals surface area contributed by atoms with Gasteiger partial charge in [0.15, 0.2) is 0 Å². The van der Waals surface area contributed by atoms with Crippen molar-refractivity contribution in [2.24, 2.45) is 0 Å². The molecule has 2 rings (SSSR count). The van der Waals surface area contributed by atoms with Crippen molar-refractivity contribution in [3.8, 4) is 0 Å². The Hall–Kier alpha value is -1.35. The summed E-state index contributed by atoms with van der Waals surface area (Å²) in [6.45, 7) is 4.69. The van der Waals surface area contributed by atoms with E-state index in [4.69, 9.17) is 11.6 Å². The molecule has 0 fully saturated rings. The van der Waals surface area contributed by atoms with Crippen LogP contribution in [0.4, 0.5) is 0 Å². The zero-order valence-corrected chi connectivity index (χ0v) is 12.6. The van der Waals surface area contributed by atoms with Gasteiger partial charge in [0, 0.05) is 17.6 Å². The Morgan fingerprint density at radius 2 is 1.80 bits per heavy atom. The van der Waals surface area contributed by atoms with Crippen LogP contribution in [0.3, 0.4) is 0 Å². The van der Waals surface area contributed by atoms with E-state index in [0.29, 0.717) is 11.6 Å². The summed E-state index contributed by atoms with van der Waals surface area (Å²) in [5.41, 5.74) is 3.35. The average molecular weight is 290 g/mol. The van der Waals surface area contributed by atoms with Gasteiger partial charge in [-0.05, 0) is 37.1 Å². The Morgan fingerprint density at radius 1 is 1.10 bits per heavy atom. The standard InChI is InChI=1S/C17H20ClNO/c1-12-4-3-5-15(10-12)13(2)19-11-17(20)14-6-8-16(18)9-7-14/h3-10,13,17,19-20H,11H2,1-2H3/t13-,17?/m0/s1. The van der Waals surface area contributed by atoms with Crippen LogP contribution in [0.2, 0.25) is 5.02 Å². The van der Waals surface area contributed by atoms with E-state index >= 15 is 0 Å². The Kier molecular flexibility index (Phi) is 5.18. The van der Waals surface area contributed by atoms with Crippen molar-refractivity contribution in [2.45, 2.75) is 26.0 Å². The summed E-state index contributed by atoms with van der Waals surface area (Å²) in [4.78, 5) is 0. The number of aliphatic hydroxyl groups excluding tert-OH is 1. The van der Waals surface area contributed by atoms with Crippen LogP contribution in [0.5, 0.6) is 0 Å². The first-order chi connectivity index (χ1) is 9.56. The van der Waals surface area contributed by atoms with Crippen LogP contribution in [0.25, 0.3) is 0 Å². The van der Waals surface area contributed by atoms with Crippen LogP contribution in [0.15, 0.2) is 48.5 Å². The fourth-order valence-corrected chi connectivity index (χ4v) is 2.27. The molecule has 20 heavy (non-hydrogen) atoms. The van der Waals surface area contributed by atoms with Crippen molar-refractivity contribution in [3.63, 3.8) is 0 Å². The normalized spacial score (nSPS) is 14.0. The van der Waals surface area contributed by atoms with Crippen LogP contribution < -0.4 is 5.32 Å². The number of nitrogens with one attached hydrogen (secondary N) is 1. The summed E-state index contributed by atoms with van der Waals surface area (Å²) >= 11 is 5.84. The topological polar surface area (TPSA) is 32.3 Å². The molecule has 0 aliphatic heterocycles. The molecule has 0 saturated carbocycles. The third kappa shape index (κ3) is 4.07. The van der Waals surface area contributed by atoms with Crippen LogP contribution in [0.1, 0.15) is 35.8 Å². The lowest BCUT2D eigenvalue weighted by atomic mass is 10.0. The summed E-state index contributed by atoms with van der Waals surface area (Å²) in [7, 11) is 0. The summed E-state index contributed by atoms with van der Waals surface area (Å²) < 4.78 is 0. The largest absolute Gasteiger partial charge is 0.387 e. The molecule has 0 saturated heterocycles. The molecular formula is C17H20ClNO. The predicted octanol–water partition coefficient (Wildman–Crippen LogP) is 4.03. The van der Waals surface area contributed by atoms with Crippen molar-refractivity contribution in [1.82, 2.24) is 5.32 Å². The Balaban J connectivity index is 1.93. The smallest absolute Gasteiger partial charge is 0.0914 e. The van der Waals surface area contributed by atoms with Crippen LogP contribution >= 0.6 is 11.6 Å². The summed E-state index contributed by atoms with van der Waals surface area (Å²) in [5, 5.41) is 14.2. The highest BCUT2D eigenvalue weighted by molar-refractivity contribution is 6.30. The minimum Gasteiger partial charge on any atom is -0.387 e. The Bertz CT molecular complexity index is 553. The van der Waals surface area contributed by atoms with Gasteiger partial charge in [0.1, 0.15) is 0 Å². The van der Waals surface area contributed by atoms with Crippen molar-refractivity contribution >= 4 is 11.6 Å². The first-order valence-corrected chi connectivity index (χ1v) is 7.17. The molecule has 0 radical (unpaired) electrons. The number of hydrogen-bond donors (Lipinski definition) is 2. The highest BCUT2D eigenvalue weighted by Crippen LogP contribution is 2.18. The lowest BCUT2D eigenvalue weighted by molar-refractivity contribution is 0.171. The fraction of sp³-hybridized carbons (Fsp3) is 0.294. The first kappa shape index (κ1) is 15.0. The molecule has 2 N–H and O–H groups in total. The van der Waals surface area contributed by atoms with E-state index in [0.717, 1.165) is 5.56 Å². The third-order valence-corrected chi connectivity index (χ3v) is 3.67. The zero-order valence-electron chi connectivity index (χ0n) is 11.8. The lowest BCUT2D eigenvalue weighted by Gasteiger charge is -2.18. The molecule has 106 valence electrons. The van der Waals surface area contributed by atoms with E-state index in [1.165, 1.54) is 11.1 Å². The molecule has 0 aliphatic carbocycles. The maximum Gasteiger partial charge on any atom is 0.0914 e. The molecule has 3 heteroatoms. The van der Waals surface area contributed by atoms with Crippen molar-refractivity contribution in [3.05, 3.63) is 70.2 Å². The average Bonchev–Trinajstić information content (AvgIpc) is 2.45. The Morgan fingerprint density at radius 3 is 2.45 bits per heavy atom. The summed E-state index contributed by atoms with van der Waals surface area (Å²) in [6.07, 6.45) is -0.528. The SMILES string of the molecule is Cc1cccc([C@H](C)NCC(O)c2ccc(Cl)cc2)c1. The van der Waals surface area contributed by atoms with E-state index in [2.05, 4.69) is 43.4 Å². The van der Waals surface area contributed by atoms with Gasteiger partial charge in [-0.3, -0.25) is 0 Å². The van der Waals surface area contributed by atoms with Crippen molar-refractivity contribution < 1.29 is 5.11 Å². The Labute approximate surface area is 125 Å². The van der Waals surface area contributed by atoms with Gasteiger partial charge >= 0.3 is 0 Å². The second kappa shape index (κ2) is 6.89. The molecule has 0 amide bonds. The molecule has 2 aromatic rings. The highest BCUT2D eigenvalue weighted by atomic mass is 35.5. The van der Waals surface area contributed by atoms with Gasteiger partial charge in [-0.25, -0.2) is 0 Å². The molecule has 0 aliphatic rings. The van der Waals surface area contributed by atoms with Crippen molar-refractivity contribution in [1.29, 1.82) is 0 Å². The van der Waals surface area contributed by atoms with Gasteiger partial charge < -0.3 is 10.4 Å². The van der Waals surface area contributed by atoms with Gasteiger partial charge in [-0.1, -0.05) is 53.6 Å². The first-order valence-electron chi connectivity index (χ1n) is 6.80. The quantitative estimate of drug-likeness (QED) is 0.871. The van der Waals surface area contributed by atoms with E-state index in [1.54, 1.807) is 12.1 Å². The lowest BCUT2D eigenvalue weighted by Crippen LogP contribution is -2.24. The van der Waals surface area contributed by atoms with E-state index < -0.39 is 6.10 Å². The number of benzene rings is 2. The monoisotopic (exact) mass is 289 g/mol. The van der Waals surface area contributed by atoms with Crippen LogP contribution in [-0.4, -0.2) is 11.7 Å². The highest BCUT2D eigenvalue weighted by Gasteiger charge is 2.10. The molecule has 1 unspecified atom stereocenters. The van der Waals surface area contributed by atoms with Gasteiger partial charge in [-0.2, -0.15) is 0 Å². The molecule has 2 atom stereocenters. The van der Waals surface area contributed by atoms with Gasteiger partial charge in [-0.15, -0.1) is 0 Å². The van der Waals surface area contributed by atoms with E-state index in [1.807, 2.05) is 12.1 Å². The van der Waals surface area contributed by atoms with E-state index in [9.17, 15) is 5.11 Å². The molecule has 2 aromatic carbocycles. The third-order valence-electron chi connectivity index (χ3n) is 3.41. The number of aliphatic hydroxyl groups is 1. The molecular weight excluding hydrogens is 270 g/mol.